The predicted octanol–water partition coefficient (Wildman–Crippen LogP) is 2.87. The van der Waals surface area contributed by atoms with Crippen LogP contribution in [0.5, 0.6) is 0 Å². The zero-order valence-electron chi connectivity index (χ0n) is 24.0. The van der Waals surface area contributed by atoms with E-state index in [1.54, 1.807) is 36.8 Å². The molecule has 0 saturated carbocycles. The Morgan fingerprint density at radius 1 is 0.932 bits per heavy atom. The smallest absolute Gasteiger partial charge is 0.255 e. The van der Waals surface area contributed by atoms with Gasteiger partial charge in [-0.15, -0.1) is 0 Å². The van der Waals surface area contributed by atoms with Crippen molar-refractivity contribution < 1.29 is 14.4 Å². The summed E-state index contributed by atoms with van der Waals surface area (Å²) in [6, 6.07) is 16.1. The van der Waals surface area contributed by atoms with E-state index in [0.717, 1.165) is 55.4 Å². The van der Waals surface area contributed by atoms with Crippen LogP contribution >= 0.6 is 0 Å². The van der Waals surface area contributed by atoms with Crippen molar-refractivity contribution in [2.24, 2.45) is 5.73 Å². The summed E-state index contributed by atoms with van der Waals surface area (Å²) < 4.78 is 0. The number of nitrogens with zero attached hydrogens (tertiary/aromatic N) is 7. The number of fused-ring (bicyclic) bond motifs is 1. The summed E-state index contributed by atoms with van der Waals surface area (Å²) in [6.45, 7) is 3.53. The molecule has 4 aromatic rings. The van der Waals surface area contributed by atoms with Gasteiger partial charge in [-0.2, -0.15) is 4.98 Å². The Morgan fingerprint density at radius 2 is 1.70 bits per heavy atom. The Labute approximate surface area is 254 Å². The molecule has 4 N–H and O–H groups in total. The number of aromatic nitrogens is 4. The number of nitrogens with two attached hydrogens (primary N) is 1. The molecule has 2 amide bonds. The zero-order valence-corrected chi connectivity index (χ0v) is 24.0. The Morgan fingerprint density at radius 3 is 2.48 bits per heavy atom. The maximum Gasteiger partial charge on any atom is 0.255 e. The number of carbonyl (C=O) groups is 3. The second-order valence-electron chi connectivity index (χ2n) is 10.5. The monoisotopic (exact) mass is 592 g/mol. The summed E-state index contributed by atoms with van der Waals surface area (Å²) in [7, 11) is 0. The molecule has 1 atom stereocenters. The molecule has 0 aliphatic carbocycles. The number of hydrogen-bond donors (Lipinski definition) is 3. The number of hydrogen-bond acceptors (Lipinski definition) is 11. The minimum atomic E-state index is -0.861. The van der Waals surface area contributed by atoms with Gasteiger partial charge in [0.1, 0.15) is 18.1 Å². The average Bonchev–Trinajstić information content (AvgIpc) is 3.38. The maximum atomic E-state index is 13.1. The van der Waals surface area contributed by atoms with Gasteiger partial charge in [0.15, 0.2) is 0 Å². The molecule has 224 valence electrons. The van der Waals surface area contributed by atoms with Crippen molar-refractivity contribution in [3.05, 3.63) is 84.3 Å². The highest BCUT2D eigenvalue weighted by Gasteiger charge is 2.36. The standard InChI is InChI=1S/C31H32N10O3/c32-28(43)26(9-3-18-42)41-20-24-23(29(41)44)7-2-8-25(24)37-27-10-13-33-30(38-27)36-21-5-1-6-22(19-21)39-14-16-40(17-15-39)31-34-11-4-12-35-31/h1-2,4-8,10-13,18-19,26H,3,9,14-17,20H2,(H2,32,43)(H2,33,36,37,38). The molecule has 6 rings (SSSR count). The van der Waals surface area contributed by atoms with Crippen molar-refractivity contribution in [1.29, 1.82) is 0 Å². The van der Waals surface area contributed by atoms with Crippen molar-refractivity contribution in [2.45, 2.75) is 25.4 Å². The molecule has 4 heterocycles. The molecule has 0 bridgehead atoms. The molecule has 2 aliphatic rings. The van der Waals surface area contributed by atoms with Crippen LogP contribution in [0.25, 0.3) is 0 Å². The molecular weight excluding hydrogens is 560 g/mol. The number of benzene rings is 2. The zero-order chi connectivity index (χ0) is 30.5. The van der Waals surface area contributed by atoms with E-state index in [1.807, 2.05) is 24.3 Å². The van der Waals surface area contributed by atoms with Crippen molar-refractivity contribution in [1.82, 2.24) is 24.8 Å². The van der Waals surface area contributed by atoms with Crippen molar-refractivity contribution >= 4 is 52.9 Å². The van der Waals surface area contributed by atoms with Crippen LogP contribution in [-0.4, -0.2) is 75.2 Å². The van der Waals surface area contributed by atoms with Crippen molar-refractivity contribution in [2.75, 3.05) is 46.6 Å². The van der Waals surface area contributed by atoms with Gasteiger partial charge < -0.3 is 35.9 Å². The fourth-order valence-corrected chi connectivity index (χ4v) is 5.56. The molecule has 0 spiro atoms. The average molecular weight is 593 g/mol. The molecule has 13 nitrogen and oxygen atoms in total. The van der Waals surface area contributed by atoms with Gasteiger partial charge in [0.25, 0.3) is 5.91 Å². The number of anilines is 6. The third-order valence-electron chi connectivity index (χ3n) is 7.76. The minimum absolute atomic E-state index is 0.138. The summed E-state index contributed by atoms with van der Waals surface area (Å²) in [5.74, 6) is 0.762. The van der Waals surface area contributed by atoms with Crippen LogP contribution < -0.4 is 26.2 Å². The number of amides is 2. The van der Waals surface area contributed by atoms with Crippen LogP contribution in [0.15, 0.2) is 73.2 Å². The number of primary amides is 1. The molecular formula is C31H32N10O3. The summed E-state index contributed by atoms with van der Waals surface area (Å²) >= 11 is 0. The van der Waals surface area contributed by atoms with E-state index in [2.05, 4.69) is 52.5 Å². The third kappa shape index (κ3) is 6.11. The Hall–Kier alpha value is -5.59. The SMILES string of the molecule is NC(=O)C(CCC=O)N1Cc2c(Nc3ccnc(Nc4cccc(N5CCN(c6ncccn6)CC5)c4)n3)cccc2C1=O. The van der Waals surface area contributed by atoms with Crippen LogP contribution in [0.4, 0.5) is 34.8 Å². The van der Waals surface area contributed by atoms with Crippen LogP contribution in [0.2, 0.25) is 0 Å². The maximum absolute atomic E-state index is 13.1. The Balaban J connectivity index is 1.13. The van der Waals surface area contributed by atoms with Crippen LogP contribution in [0.1, 0.15) is 28.8 Å². The largest absolute Gasteiger partial charge is 0.368 e. The molecule has 44 heavy (non-hydrogen) atoms. The first kappa shape index (κ1) is 28.5. The van der Waals surface area contributed by atoms with Gasteiger partial charge in [0, 0.05) is 85.9 Å². The van der Waals surface area contributed by atoms with Gasteiger partial charge >= 0.3 is 0 Å². The molecule has 1 saturated heterocycles. The highest BCUT2D eigenvalue weighted by molar-refractivity contribution is 6.02. The van der Waals surface area contributed by atoms with Gasteiger partial charge in [-0.3, -0.25) is 9.59 Å². The van der Waals surface area contributed by atoms with E-state index in [9.17, 15) is 14.4 Å². The van der Waals surface area contributed by atoms with E-state index in [4.69, 9.17) is 5.73 Å². The van der Waals surface area contributed by atoms with Gasteiger partial charge in [-0.25, -0.2) is 15.0 Å². The van der Waals surface area contributed by atoms with Gasteiger partial charge in [-0.1, -0.05) is 12.1 Å². The quantitative estimate of drug-likeness (QED) is 0.220. The fraction of sp³-hybridized carbons (Fsp3) is 0.258. The number of aldehydes is 1. The van der Waals surface area contributed by atoms with E-state index in [-0.39, 0.29) is 25.3 Å². The highest BCUT2D eigenvalue weighted by Crippen LogP contribution is 2.33. The Bertz CT molecular complexity index is 1660. The Kier molecular flexibility index (Phi) is 8.25. The molecule has 0 radical (unpaired) electrons. The second-order valence-corrected chi connectivity index (χ2v) is 10.5. The lowest BCUT2D eigenvalue weighted by molar-refractivity contribution is -0.122. The summed E-state index contributed by atoms with van der Waals surface area (Å²) in [5.41, 5.74) is 9.42. The first-order valence-corrected chi connectivity index (χ1v) is 14.4. The normalized spacial score (nSPS) is 15.1. The van der Waals surface area contributed by atoms with E-state index >= 15 is 0 Å². The number of nitrogens with one attached hydrogen (secondary N) is 2. The van der Waals surface area contributed by atoms with Gasteiger partial charge in [-0.05, 0) is 48.9 Å². The summed E-state index contributed by atoms with van der Waals surface area (Å²) in [4.78, 5) is 59.8. The highest BCUT2D eigenvalue weighted by atomic mass is 16.2. The second kappa shape index (κ2) is 12.7. The fourth-order valence-electron chi connectivity index (χ4n) is 5.56. The first-order chi connectivity index (χ1) is 21.5. The number of rotatable bonds is 11. The summed E-state index contributed by atoms with van der Waals surface area (Å²) in [5, 5.41) is 6.59. The van der Waals surface area contributed by atoms with E-state index in [0.29, 0.717) is 23.0 Å². The van der Waals surface area contributed by atoms with E-state index in [1.165, 1.54) is 4.90 Å². The first-order valence-electron chi connectivity index (χ1n) is 14.4. The molecule has 1 unspecified atom stereocenters. The number of piperazine rings is 1. The van der Waals surface area contributed by atoms with Crippen LogP contribution in [0.3, 0.4) is 0 Å². The number of carbonyl (C=O) groups excluding carboxylic acids is 3. The van der Waals surface area contributed by atoms with Crippen LogP contribution in [0, 0.1) is 0 Å². The van der Waals surface area contributed by atoms with Gasteiger partial charge in [0.2, 0.25) is 17.8 Å². The van der Waals surface area contributed by atoms with E-state index < -0.39 is 11.9 Å². The minimum Gasteiger partial charge on any atom is -0.368 e. The molecule has 2 aromatic carbocycles. The lowest BCUT2D eigenvalue weighted by atomic mass is 10.1. The lowest BCUT2D eigenvalue weighted by Gasteiger charge is -2.36. The van der Waals surface area contributed by atoms with Crippen molar-refractivity contribution in [3.63, 3.8) is 0 Å². The predicted molar refractivity (Wildman–Crippen MR) is 166 cm³/mol. The summed E-state index contributed by atoms with van der Waals surface area (Å²) in [6.07, 6.45) is 6.21. The third-order valence-corrected chi connectivity index (χ3v) is 7.76. The molecule has 1 fully saturated rings. The molecule has 2 aliphatic heterocycles. The molecule has 13 heteroatoms. The topological polar surface area (TPSA) is 163 Å². The van der Waals surface area contributed by atoms with Gasteiger partial charge in [0.05, 0.1) is 0 Å². The molecule has 2 aromatic heterocycles. The van der Waals surface area contributed by atoms with Crippen molar-refractivity contribution in [3.8, 4) is 0 Å². The van der Waals surface area contributed by atoms with Crippen LogP contribution in [-0.2, 0) is 16.1 Å². The lowest BCUT2D eigenvalue weighted by Crippen LogP contribution is -2.47.